The van der Waals surface area contributed by atoms with Gasteiger partial charge in [0.2, 0.25) is 0 Å². The monoisotopic (exact) mass is 219 g/mol. The van der Waals surface area contributed by atoms with Crippen molar-refractivity contribution < 1.29 is 14.3 Å². The van der Waals surface area contributed by atoms with Gasteiger partial charge in [0, 0.05) is 19.2 Å². The fraction of sp³-hybridized carbons (Fsp3) is 0.250. The molecule has 0 saturated carbocycles. The summed E-state index contributed by atoms with van der Waals surface area (Å²) in [4.78, 5) is 10.8. The van der Waals surface area contributed by atoms with Crippen LogP contribution < -0.4 is 0 Å². The molecule has 16 heavy (non-hydrogen) atoms. The molecule has 4 nitrogen and oxygen atoms in total. The SMILES string of the molecule is O=C(O)c1cccn1CCCc1ccco1. The maximum atomic E-state index is 10.8. The first kappa shape index (κ1) is 10.5. The maximum Gasteiger partial charge on any atom is 0.352 e. The maximum absolute atomic E-state index is 10.8. The highest BCUT2D eigenvalue weighted by molar-refractivity contribution is 5.85. The van der Waals surface area contributed by atoms with E-state index in [1.54, 1.807) is 29.2 Å². The number of aromatic carboxylic acids is 1. The predicted molar refractivity (Wildman–Crippen MR) is 58.4 cm³/mol. The smallest absolute Gasteiger partial charge is 0.352 e. The number of hydrogen-bond donors (Lipinski definition) is 1. The quantitative estimate of drug-likeness (QED) is 0.840. The third kappa shape index (κ3) is 2.34. The Kier molecular flexibility index (Phi) is 3.10. The van der Waals surface area contributed by atoms with E-state index in [4.69, 9.17) is 9.52 Å². The summed E-state index contributed by atoms with van der Waals surface area (Å²) in [6.07, 6.45) is 5.12. The molecule has 1 N–H and O–H groups in total. The Balaban J connectivity index is 1.90. The topological polar surface area (TPSA) is 55.4 Å². The van der Waals surface area contributed by atoms with E-state index >= 15 is 0 Å². The van der Waals surface area contributed by atoms with Crippen molar-refractivity contribution in [1.82, 2.24) is 4.57 Å². The second-order valence-electron chi connectivity index (χ2n) is 3.57. The van der Waals surface area contributed by atoms with E-state index in [0.29, 0.717) is 12.2 Å². The highest BCUT2D eigenvalue weighted by Gasteiger charge is 2.07. The molecule has 0 aliphatic heterocycles. The Labute approximate surface area is 93.1 Å². The van der Waals surface area contributed by atoms with Gasteiger partial charge in [-0.05, 0) is 30.7 Å². The van der Waals surface area contributed by atoms with Crippen LogP contribution in [-0.2, 0) is 13.0 Å². The number of aromatic nitrogens is 1. The molecule has 0 saturated heterocycles. The van der Waals surface area contributed by atoms with Crippen LogP contribution in [0.4, 0.5) is 0 Å². The molecule has 0 radical (unpaired) electrons. The van der Waals surface area contributed by atoms with Crippen LogP contribution in [0.3, 0.4) is 0 Å². The average molecular weight is 219 g/mol. The van der Waals surface area contributed by atoms with Gasteiger partial charge in [-0.1, -0.05) is 0 Å². The van der Waals surface area contributed by atoms with Crippen molar-refractivity contribution in [3.05, 3.63) is 48.2 Å². The molecule has 0 aliphatic rings. The molecular weight excluding hydrogens is 206 g/mol. The van der Waals surface area contributed by atoms with Gasteiger partial charge in [-0.3, -0.25) is 0 Å². The van der Waals surface area contributed by atoms with E-state index in [-0.39, 0.29) is 0 Å². The minimum absolute atomic E-state index is 0.333. The van der Waals surface area contributed by atoms with Gasteiger partial charge in [0.1, 0.15) is 11.5 Å². The van der Waals surface area contributed by atoms with Crippen LogP contribution in [0.5, 0.6) is 0 Å². The van der Waals surface area contributed by atoms with Crippen LogP contribution in [-0.4, -0.2) is 15.6 Å². The molecule has 0 bridgehead atoms. The summed E-state index contributed by atoms with van der Waals surface area (Å²) in [5, 5.41) is 8.90. The van der Waals surface area contributed by atoms with E-state index in [1.165, 1.54) is 0 Å². The van der Waals surface area contributed by atoms with Gasteiger partial charge in [0.25, 0.3) is 0 Å². The number of nitrogens with zero attached hydrogens (tertiary/aromatic N) is 1. The van der Waals surface area contributed by atoms with Gasteiger partial charge in [-0.15, -0.1) is 0 Å². The van der Waals surface area contributed by atoms with Gasteiger partial charge in [-0.25, -0.2) is 4.79 Å². The van der Waals surface area contributed by atoms with Gasteiger partial charge in [0.05, 0.1) is 6.26 Å². The first-order valence-electron chi connectivity index (χ1n) is 5.18. The number of carbonyl (C=O) groups is 1. The van der Waals surface area contributed by atoms with Crippen LogP contribution >= 0.6 is 0 Å². The van der Waals surface area contributed by atoms with Crippen molar-refractivity contribution in [2.75, 3.05) is 0 Å². The van der Waals surface area contributed by atoms with E-state index < -0.39 is 5.97 Å². The molecule has 2 aromatic heterocycles. The highest BCUT2D eigenvalue weighted by atomic mass is 16.4. The van der Waals surface area contributed by atoms with Crippen molar-refractivity contribution in [3.8, 4) is 0 Å². The Hall–Kier alpha value is -1.97. The summed E-state index contributed by atoms with van der Waals surface area (Å²) in [6, 6.07) is 7.13. The summed E-state index contributed by atoms with van der Waals surface area (Å²) in [7, 11) is 0. The second kappa shape index (κ2) is 4.70. The lowest BCUT2D eigenvalue weighted by Crippen LogP contribution is -2.08. The van der Waals surface area contributed by atoms with Gasteiger partial charge >= 0.3 is 5.97 Å². The van der Waals surface area contributed by atoms with Crippen molar-refractivity contribution in [3.63, 3.8) is 0 Å². The molecule has 0 unspecified atom stereocenters. The van der Waals surface area contributed by atoms with E-state index in [9.17, 15) is 4.79 Å². The van der Waals surface area contributed by atoms with Crippen LogP contribution in [0.25, 0.3) is 0 Å². The zero-order valence-electron chi connectivity index (χ0n) is 8.80. The fourth-order valence-corrected chi connectivity index (χ4v) is 1.68. The summed E-state index contributed by atoms with van der Waals surface area (Å²) in [5.74, 6) is 0.0482. The van der Waals surface area contributed by atoms with Crippen LogP contribution in [0.2, 0.25) is 0 Å². The van der Waals surface area contributed by atoms with Crippen LogP contribution in [0, 0.1) is 0 Å². The molecule has 2 aromatic rings. The summed E-state index contributed by atoms with van der Waals surface area (Å²) in [6.45, 7) is 0.690. The lowest BCUT2D eigenvalue weighted by molar-refractivity contribution is 0.0685. The first-order chi connectivity index (χ1) is 7.77. The molecule has 0 amide bonds. The number of rotatable bonds is 5. The molecule has 4 heteroatoms. The van der Waals surface area contributed by atoms with Gasteiger partial charge in [-0.2, -0.15) is 0 Å². The minimum atomic E-state index is -0.886. The Bertz CT molecular complexity index is 456. The first-order valence-corrected chi connectivity index (χ1v) is 5.18. The third-order valence-corrected chi connectivity index (χ3v) is 2.45. The third-order valence-electron chi connectivity index (χ3n) is 2.45. The number of aryl methyl sites for hydroxylation is 2. The molecule has 2 heterocycles. The van der Waals surface area contributed by atoms with Crippen molar-refractivity contribution in [2.24, 2.45) is 0 Å². The average Bonchev–Trinajstić information content (AvgIpc) is 2.87. The van der Waals surface area contributed by atoms with Crippen molar-refractivity contribution in [2.45, 2.75) is 19.4 Å². The Morgan fingerprint density at radius 2 is 2.25 bits per heavy atom. The molecular formula is C12H13NO3. The lowest BCUT2D eigenvalue weighted by atomic mass is 10.2. The fourth-order valence-electron chi connectivity index (χ4n) is 1.68. The summed E-state index contributed by atoms with van der Waals surface area (Å²) >= 11 is 0. The zero-order chi connectivity index (χ0) is 11.4. The Morgan fingerprint density at radius 3 is 2.94 bits per heavy atom. The van der Waals surface area contributed by atoms with Gasteiger partial charge in [0.15, 0.2) is 0 Å². The second-order valence-corrected chi connectivity index (χ2v) is 3.57. The van der Waals surface area contributed by atoms with E-state index in [1.807, 2.05) is 12.1 Å². The minimum Gasteiger partial charge on any atom is -0.477 e. The molecule has 84 valence electrons. The number of hydrogen-bond acceptors (Lipinski definition) is 2. The molecule has 0 atom stereocenters. The van der Waals surface area contributed by atoms with E-state index in [2.05, 4.69) is 0 Å². The molecule has 0 aromatic carbocycles. The van der Waals surface area contributed by atoms with Crippen molar-refractivity contribution >= 4 is 5.97 Å². The predicted octanol–water partition coefficient (Wildman–Crippen LogP) is 2.41. The molecule has 0 spiro atoms. The molecule has 2 rings (SSSR count). The summed E-state index contributed by atoms with van der Waals surface area (Å²) in [5.41, 5.74) is 0.333. The Morgan fingerprint density at radius 1 is 1.38 bits per heavy atom. The number of furan rings is 1. The van der Waals surface area contributed by atoms with Gasteiger partial charge < -0.3 is 14.1 Å². The molecule has 0 aliphatic carbocycles. The highest BCUT2D eigenvalue weighted by Crippen LogP contribution is 2.07. The largest absolute Gasteiger partial charge is 0.477 e. The lowest BCUT2D eigenvalue weighted by Gasteiger charge is -2.04. The standard InChI is InChI=1S/C12H13NO3/c14-12(15)11-6-2-8-13(11)7-1-4-10-5-3-9-16-10/h2-3,5-6,8-9H,1,4,7H2,(H,14,15). The van der Waals surface area contributed by atoms with Crippen LogP contribution in [0.15, 0.2) is 41.1 Å². The number of carboxylic acid groups (broad SMARTS) is 1. The summed E-state index contributed by atoms with van der Waals surface area (Å²) < 4.78 is 6.95. The van der Waals surface area contributed by atoms with E-state index in [0.717, 1.165) is 18.6 Å². The molecule has 0 fully saturated rings. The number of carboxylic acids is 1. The zero-order valence-corrected chi connectivity index (χ0v) is 8.80. The normalized spacial score (nSPS) is 10.5. The van der Waals surface area contributed by atoms with Crippen LogP contribution in [0.1, 0.15) is 22.7 Å². The van der Waals surface area contributed by atoms with Crippen molar-refractivity contribution in [1.29, 1.82) is 0 Å².